The fraction of sp³-hybridized carbons (Fsp3) is 0.957. The largest absolute Gasteiger partial charge is 0.406 e. The first-order chi connectivity index (χ1) is 12.8. The molecule has 5 atom stereocenters. The number of ketones is 1. The summed E-state index contributed by atoms with van der Waals surface area (Å²) >= 11 is 1.73. The lowest BCUT2D eigenvalue weighted by molar-refractivity contribution is -0.140. The van der Waals surface area contributed by atoms with E-state index in [0.29, 0.717) is 28.5 Å². The van der Waals surface area contributed by atoms with Crippen molar-refractivity contribution < 1.29 is 14.0 Å². The van der Waals surface area contributed by atoms with Gasteiger partial charge in [0.1, 0.15) is 6.10 Å². The topological polar surface area (TPSA) is 35.5 Å². The maximum Gasteiger partial charge on any atom is 0.201 e. The first-order valence-corrected chi connectivity index (χ1v) is 14.4. The second kappa shape index (κ2) is 9.11. The highest BCUT2D eigenvalue weighted by molar-refractivity contribution is 8.01. The van der Waals surface area contributed by atoms with Gasteiger partial charge in [0, 0.05) is 4.75 Å². The van der Waals surface area contributed by atoms with E-state index in [1.54, 1.807) is 11.8 Å². The lowest BCUT2D eigenvalue weighted by Crippen LogP contribution is -2.55. The van der Waals surface area contributed by atoms with E-state index in [0.717, 1.165) is 6.42 Å². The summed E-state index contributed by atoms with van der Waals surface area (Å²) in [6.07, 6.45) is 3.38. The van der Waals surface area contributed by atoms with Gasteiger partial charge in [-0.15, -0.1) is 11.8 Å². The Morgan fingerprint density at radius 2 is 1.57 bits per heavy atom. The first-order valence-electron chi connectivity index (χ1n) is 11.4. The van der Waals surface area contributed by atoms with Crippen LogP contribution in [0.2, 0.25) is 16.6 Å². The predicted molar refractivity (Wildman–Crippen MR) is 123 cm³/mol. The zero-order valence-electron chi connectivity index (χ0n) is 19.9. The van der Waals surface area contributed by atoms with Gasteiger partial charge in [0.05, 0.1) is 6.10 Å². The summed E-state index contributed by atoms with van der Waals surface area (Å²) < 4.78 is 13.3. The van der Waals surface area contributed by atoms with Crippen molar-refractivity contribution in [3.8, 4) is 0 Å². The van der Waals surface area contributed by atoms with E-state index in [2.05, 4.69) is 62.3 Å². The van der Waals surface area contributed by atoms with Crippen molar-refractivity contribution in [1.82, 2.24) is 0 Å². The summed E-state index contributed by atoms with van der Waals surface area (Å²) in [5.41, 5.74) is 1.03. The number of fused-ring (bicyclic) bond motifs is 1. The standard InChI is InChI=1S/C23H44O3SSi/c1-14(2)28(15(3)4,16(5)6)26-18(8)21(24)22-25-20-13-17(7)11-12-19(20)23(9,10)27-22/h14-20,22H,11-13H2,1-10H3/t17-,18-,19+,20-,22-/m1/s1. The van der Waals surface area contributed by atoms with E-state index in [1.807, 2.05) is 6.92 Å². The van der Waals surface area contributed by atoms with Crippen LogP contribution >= 0.6 is 11.8 Å². The Kier molecular flexibility index (Phi) is 7.95. The lowest BCUT2D eigenvalue weighted by atomic mass is 9.75. The first kappa shape index (κ1) is 24.4. The number of thioether (sulfide) groups is 1. The monoisotopic (exact) mass is 428 g/mol. The number of hydrogen-bond donors (Lipinski definition) is 0. The van der Waals surface area contributed by atoms with Crippen molar-refractivity contribution in [2.75, 3.05) is 0 Å². The van der Waals surface area contributed by atoms with Crippen LogP contribution in [0.25, 0.3) is 0 Å². The Hall–Kier alpha value is 0.157. The molecule has 0 spiro atoms. The molecule has 2 aliphatic rings. The van der Waals surface area contributed by atoms with Gasteiger partial charge in [-0.05, 0) is 48.2 Å². The van der Waals surface area contributed by atoms with Crippen LogP contribution in [0.3, 0.4) is 0 Å². The molecule has 28 heavy (non-hydrogen) atoms. The van der Waals surface area contributed by atoms with Crippen molar-refractivity contribution >= 4 is 25.9 Å². The summed E-state index contributed by atoms with van der Waals surface area (Å²) in [6.45, 7) is 22.5. The van der Waals surface area contributed by atoms with Crippen molar-refractivity contribution in [3.05, 3.63) is 0 Å². The van der Waals surface area contributed by atoms with Crippen LogP contribution in [0.1, 0.15) is 88.5 Å². The van der Waals surface area contributed by atoms with Gasteiger partial charge >= 0.3 is 0 Å². The van der Waals surface area contributed by atoms with E-state index in [-0.39, 0.29) is 16.6 Å². The number of ether oxygens (including phenoxy) is 1. The molecule has 1 saturated heterocycles. The third-order valence-corrected chi connectivity index (χ3v) is 15.0. The van der Waals surface area contributed by atoms with Gasteiger partial charge < -0.3 is 9.16 Å². The highest BCUT2D eigenvalue weighted by Crippen LogP contribution is 2.51. The molecular weight excluding hydrogens is 384 g/mol. The highest BCUT2D eigenvalue weighted by atomic mass is 32.2. The van der Waals surface area contributed by atoms with Gasteiger partial charge in [-0.1, -0.05) is 68.7 Å². The molecular formula is C23H44O3SSi. The molecule has 0 unspecified atom stereocenters. The normalized spacial score (nSPS) is 31.9. The molecule has 0 aromatic heterocycles. The summed E-state index contributed by atoms with van der Waals surface area (Å²) in [5, 5.41) is 0. The molecule has 0 bridgehead atoms. The lowest BCUT2D eigenvalue weighted by Gasteiger charge is -2.50. The molecule has 2 rings (SSSR count). The number of hydrogen-bond acceptors (Lipinski definition) is 4. The van der Waals surface area contributed by atoms with Crippen LogP contribution in [-0.2, 0) is 14.0 Å². The molecule has 0 radical (unpaired) electrons. The summed E-state index contributed by atoms with van der Waals surface area (Å²) in [6, 6.07) is 0. The minimum Gasteiger partial charge on any atom is -0.406 e. The molecule has 1 saturated carbocycles. The Balaban J connectivity index is 2.18. The zero-order valence-corrected chi connectivity index (χ0v) is 21.7. The van der Waals surface area contributed by atoms with E-state index < -0.39 is 19.9 Å². The molecule has 0 aromatic carbocycles. The number of rotatable bonds is 7. The Morgan fingerprint density at radius 1 is 1.04 bits per heavy atom. The fourth-order valence-corrected chi connectivity index (χ4v) is 13.0. The van der Waals surface area contributed by atoms with Crippen LogP contribution in [0, 0.1) is 11.8 Å². The summed E-state index contributed by atoms with van der Waals surface area (Å²) in [4.78, 5) is 13.4. The second-order valence-corrected chi connectivity index (χ2v) is 17.9. The zero-order chi connectivity index (χ0) is 21.4. The molecule has 0 amide bonds. The number of carbonyl (C=O) groups is 1. The quantitative estimate of drug-likeness (QED) is 0.417. The maximum atomic E-state index is 13.4. The van der Waals surface area contributed by atoms with E-state index in [4.69, 9.17) is 9.16 Å². The highest BCUT2D eigenvalue weighted by Gasteiger charge is 2.51. The van der Waals surface area contributed by atoms with Gasteiger partial charge in [0.15, 0.2) is 11.2 Å². The molecule has 2 fully saturated rings. The molecule has 164 valence electrons. The summed E-state index contributed by atoms with van der Waals surface area (Å²) in [7, 11) is -2.08. The van der Waals surface area contributed by atoms with E-state index in [9.17, 15) is 4.79 Å². The molecule has 0 N–H and O–H groups in total. The van der Waals surface area contributed by atoms with Crippen molar-refractivity contribution in [3.63, 3.8) is 0 Å². The molecule has 3 nitrogen and oxygen atoms in total. The van der Waals surface area contributed by atoms with E-state index >= 15 is 0 Å². The fourth-order valence-electron chi connectivity index (χ4n) is 5.91. The van der Waals surface area contributed by atoms with E-state index in [1.165, 1.54) is 12.8 Å². The maximum absolute atomic E-state index is 13.4. The third-order valence-electron chi connectivity index (χ3n) is 7.38. The average Bonchev–Trinajstić information content (AvgIpc) is 2.56. The van der Waals surface area contributed by atoms with Crippen LogP contribution in [0.5, 0.6) is 0 Å². The molecule has 0 aromatic rings. The minimum atomic E-state index is -2.08. The van der Waals surface area contributed by atoms with Gasteiger partial charge in [-0.2, -0.15) is 0 Å². The smallest absolute Gasteiger partial charge is 0.201 e. The minimum absolute atomic E-state index is 0.0752. The Bertz CT molecular complexity index is 524. The average molecular weight is 429 g/mol. The van der Waals surface area contributed by atoms with Crippen molar-refractivity contribution in [2.24, 2.45) is 11.8 Å². The Morgan fingerprint density at radius 3 is 2.07 bits per heavy atom. The van der Waals surface area contributed by atoms with Crippen molar-refractivity contribution in [2.45, 2.75) is 128 Å². The van der Waals surface area contributed by atoms with Crippen LogP contribution in [0.15, 0.2) is 0 Å². The second-order valence-electron chi connectivity index (χ2n) is 10.7. The van der Waals surface area contributed by atoms with Gasteiger partial charge in [-0.25, -0.2) is 0 Å². The van der Waals surface area contributed by atoms with Gasteiger partial charge in [0.25, 0.3) is 0 Å². The van der Waals surface area contributed by atoms with Crippen LogP contribution in [0.4, 0.5) is 0 Å². The number of carbonyl (C=O) groups excluding carboxylic acids is 1. The SMILES string of the molecule is CC(C)[Si](O[C@H](C)C(=O)[C@@H]1O[C@@H]2C[C@H](C)CC[C@@H]2C(C)(C)S1)(C(C)C)C(C)C. The molecule has 1 aliphatic heterocycles. The Labute approximate surface area is 179 Å². The van der Waals surface area contributed by atoms with Gasteiger partial charge in [0.2, 0.25) is 8.32 Å². The molecule has 1 aliphatic carbocycles. The van der Waals surface area contributed by atoms with Gasteiger partial charge in [-0.3, -0.25) is 4.79 Å². The summed E-state index contributed by atoms with van der Waals surface area (Å²) in [5.74, 6) is 1.37. The third kappa shape index (κ3) is 4.73. The van der Waals surface area contributed by atoms with Crippen LogP contribution < -0.4 is 0 Å². The van der Waals surface area contributed by atoms with Crippen LogP contribution in [-0.4, -0.2) is 36.5 Å². The van der Waals surface area contributed by atoms with Crippen molar-refractivity contribution in [1.29, 1.82) is 0 Å². The predicted octanol–water partition coefficient (Wildman–Crippen LogP) is 6.81. The molecule has 1 heterocycles. The molecule has 5 heteroatoms. The number of Topliss-reactive ketones (excluding diaryl/α,β-unsaturated/α-hetero) is 1.